The van der Waals surface area contributed by atoms with Gasteiger partial charge in [-0.1, -0.05) is 73.7 Å². The van der Waals surface area contributed by atoms with Gasteiger partial charge in [-0.05, 0) is 29.1 Å². The van der Waals surface area contributed by atoms with E-state index in [1.165, 1.54) is 5.56 Å². The molecule has 3 rings (SSSR count). The number of thiophene rings is 1. The second-order valence-corrected chi connectivity index (χ2v) is 7.19. The lowest BCUT2D eigenvalue weighted by atomic mass is 10.1. The van der Waals surface area contributed by atoms with E-state index in [-0.39, 0.29) is 11.9 Å². The summed E-state index contributed by atoms with van der Waals surface area (Å²) < 4.78 is 0. The Kier molecular flexibility index (Phi) is 6.58. The Balaban J connectivity index is 1.67. The third-order valence-electron chi connectivity index (χ3n) is 4.33. The van der Waals surface area contributed by atoms with Gasteiger partial charge < -0.3 is 5.32 Å². The summed E-state index contributed by atoms with van der Waals surface area (Å²) in [5.74, 6) is 0.0463. The number of carbonyl (C=O) groups excluding carboxylic acids is 1. The van der Waals surface area contributed by atoms with Gasteiger partial charge >= 0.3 is 0 Å². The Morgan fingerprint density at radius 1 is 1.00 bits per heavy atom. The van der Waals surface area contributed by atoms with Crippen molar-refractivity contribution in [2.24, 2.45) is 0 Å². The summed E-state index contributed by atoms with van der Waals surface area (Å²) >= 11 is 1.67. The summed E-state index contributed by atoms with van der Waals surface area (Å²) in [6, 6.07) is 24.4. The van der Waals surface area contributed by atoms with Crippen LogP contribution >= 0.6 is 11.3 Å². The van der Waals surface area contributed by atoms with Crippen molar-refractivity contribution in [3.05, 3.63) is 94.2 Å². The van der Waals surface area contributed by atoms with Gasteiger partial charge in [-0.25, -0.2) is 0 Å². The first-order valence-corrected chi connectivity index (χ1v) is 9.78. The van der Waals surface area contributed by atoms with Crippen molar-refractivity contribution in [3.63, 3.8) is 0 Å². The standard InChI is InChI=1S/C22H24N2OS/c1-2-24(16-18-10-5-3-6-11-18)17-21(25)23-22(20-14-9-15-26-20)19-12-7-4-8-13-19/h3-15,22H,2,16-17H2,1H3,(H,23,25)/t22-/m1/s1. The van der Waals surface area contributed by atoms with Crippen molar-refractivity contribution in [1.82, 2.24) is 10.2 Å². The molecule has 134 valence electrons. The van der Waals surface area contributed by atoms with Gasteiger partial charge in [0, 0.05) is 11.4 Å². The topological polar surface area (TPSA) is 32.3 Å². The molecular weight excluding hydrogens is 340 g/mol. The summed E-state index contributed by atoms with van der Waals surface area (Å²) in [4.78, 5) is 16.0. The number of hydrogen-bond donors (Lipinski definition) is 1. The number of likely N-dealkylation sites (N-methyl/N-ethyl adjacent to an activating group) is 1. The lowest BCUT2D eigenvalue weighted by molar-refractivity contribution is -0.122. The Hall–Kier alpha value is -2.43. The van der Waals surface area contributed by atoms with Crippen molar-refractivity contribution < 1.29 is 4.79 Å². The number of amides is 1. The molecule has 0 bridgehead atoms. The molecule has 1 N–H and O–H groups in total. The van der Waals surface area contributed by atoms with Gasteiger partial charge in [0.25, 0.3) is 0 Å². The summed E-state index contributed by atoms with van der Waals surface area (Å²) in [7, 11) is 0. The lowest BCUT2D eigenvalue weighted by Gasteiger charge is -2.23. The molecule has 0 radical (unpaired) electrons. The Morgan fingerprint density at radius 2 is 1.69 bits per heavy atom. The fourth-order valence-corrected chi connectivity index (χ4v) is 3.75. The molecule has 1 atom stereocenters. The largest absolute Gasteiger partial charge is 0.343 e. The van der Waals surface area contributed by atoms with Crippen molar-refractivity contribution in [2.45, 2.75) is 19.5 Å². The zero-order valence-electron chi connectivity index (χ0n) is 15.0. The van der Waals surface area contributed by atoms with E-state index >= 15 is 0 Å². The minimum absolute atomic E-state index is 0.0463. The molecule has 0 fully saturated rings. The molecule has 0 aliphatic rings. The van der Waals surface area contributed by atoms with Crippen LogP contribution in [0, 0.1) is 0 Å². The molecule has 4 heteroatoms. The van der Waals surface area contributed by atoms with Crippen LogP contribution in [0.15, 0.2) is 78.2 Å². The first-order valence-electron chi connectivity index (χ1n) is 8.90. The highest BCUT2D eigenvalue weighted by Gasteiger charge is 2.19. The Bertz CT molecular complexity index is 788. The highest BCUT2D eigenvalue weighted by molar-refractivity contribution is 7.10. The van der Waals surface area contributed by atoms with Crippen LogP contribution in [-0.2, 0) is 11.3 Å². The molecule has 0 spiro atoms. The average molecular weight is 365 g/mol. The summed E-state index contributed by atoms with van der Waals surface area (Å²) in [6.07, 6.45) is 0. The van der Waals surface area contributed by atoms with Crippen LogP contribution < -0.4 is 5.32 Å². The zero-order chi connectivity index (χ0) is 18.2. The molecule has 3 nitrogen and oxygen atoms in total. The maximum Gasteiger partial charge on any atom is 0.234 e. The second kappa shape index (κ2) is 9.32. The molecule has 0 aliphatic carbocycles. The SMILES string of the molecule is CCN(CC(=O)N[C@H](c1ccccc1)c1cccs1)Cc1ccccc1. The van der Waals surface area contributed by atoms with Crippen LogP contribution in [0.1, 0.15) is 29.0 Å². The van der Waals surface area contributed by atoms with Gasteiger partial charge in [0.2, 0.25) is 5.91 Å². The minimum Gasteiger partial charge on any atom is -0.343 e. The summed E-state index contributed by atoms with van der Waals surface area (Å²) in [5.41, 5.74) is 2.33. The fraction of sp³-hybridized carbons (Fsp3) is 0.227. The molecule has 1 heterocycles. The third-order valence-corrected chi connectivity index (χ3v) is 5.27. The van der Waals surface area contributed by atoms with Crippen molar-refractivity contribution >= 4 is 17.2 Å². The van der Waals surface area contributed by atoms with E-state index in [0.29, 0.717) is 6.54 Å². The molecule has 2 aromatic carbocycles. The zero-order valence-corrected chi connectivity index (χ0v) is 15.8. The Morgan fingerprint density at radius 3 is 2.31 bits per heavy atom. The monoisotopic (exact) mass is 364 g/mol. The number of nitrogens with one attached hydrogen (secondary N) is 1. The van der Waals surface area contributed by atoms with E-state index in [9.17, 15) is 4.79 Å². The summed E-state index contributed by atoms with van der Waals surface area (Å²) in [5, 5.41) is 5.26. The molecule has 3 aromatic rings. The summed E-state index contributed by atoms with van der Waals surface area (Å²) in [6.45, 7) is 4.08. The third kappa shape index (κ3) is 5.04. The van der Waals surface area contributed by atoms with E-state index in [4.69, 9.17) is 0 Å². The quantitative estimate of drug-likeness (QED) is 0.639. The van der Waals surface area contributed by atoms with Crippen molar-refractivity contribution in [3.8, 4) is 0 Å². The molecule has 0 unspecified atom stereocenters. The fourth-order valence-electron chi connectivity index (χ4n) is 2.95. The molecule has 0 aliphatic heterocycles. The number of rotatable bonds is 8. The molecule has 1 amide bonds. The van der Waals surface area contributed by atoms with Crippen molar-refractivity contribution in [2.75, 3.05) is 13.1 Å². The number of benzene rings is 2. The van der Waals surface area contributed by atoms with Crippen LogP contribution in [0.4, 0.5) is 0 Å². The molecular formula is C22H24N2OS. The van der Waals surface area contributed by atoms with Crippen LogP contribution in [0.2, 0.25) is 0 Å². The van der Waals surface area contributed by atoms with Crippen molar-refractivity contribution in [1.29, 1.82) is 0 Å². The highest BCUT2D eigenvalue weighted by atomic mass is 32.1. The van der Waals surface area contributed by atoms with E-state index in [2.05, 4.69) is 47.5 Å². The minimum atomic E-state index is -0.0980. The number of nitrogens with zero attached hydrogens (tertiary/aromatic N) is 1. The van der Waals surface area contributed by atoms with Gasteiger partial charge in [-0.3, -0.25) is 9.69 Å². The van der Waals surface area contributed by atoms with Gasteiger partial charge in [0.15, 0.2) is 0 Å². The smallest absolute Gasteiger partial charge is 0.234 e. The number of carbonyl (C=O) groups is 1. The van der Waals surface area contributed by atoms with Gasteiger partial charge in [-0.2, -0.15) is 0 Å². The van der Waals surface area contributed by atoms with Gasteiger partial charge in [0.05, 0.1) is 12.6 Å². The molecule has 26 heavy (non-hydrogen) atoms. The Labute approximate surface area is 159 Å². The van der Waals surface area contributed by atoms with E-state index in [1.54, 1.807) is 11.3 Å². The maximum atomic E-state index is 12.7. The van der Waals surface area contributed by atoms with E-state index in [0.717, 1.165) is 23.5 Å². The van der Waals surface area contributed by atoms with Crippen LogP contribution in [0.3, 0.4) is 0 Å². The van der Waals surface area contributed by atoms with Crippen LogP contribution in [0.5, 0.6) is 0 Å². The van der Waals surface area contributed by atoms with Crippen LogP contribution in [-0.4, -0.2) is 23.9 Å². The molecule has 1 aromatic heterocycles. The van der Waals surface area contributed by atoms with Gasteiger partial charge in [0.1, 0.15) is 0 Å². The maximum absolute atomic E-state index is 12.7. The molecule has 0 saturated carbocycles. The van der Waals surface area contributed by atoms with E-state index in [1.807, 2.05) is 47.8 Å². The predicted molar refractivity (Wildman–Crippen MR) is 108 cm³/mol. The van der Waals surface area contributed by atoms with E-state index < -0.39 is 0 Å². The van der Waals surface area contributed by atoms with Gasteiger partial charge in [-0.15, -0.1) is 11.3 Å². The normalized spacial score (nSPS) is 12.1. The number of hydrogen-bond acceptors (Lipinski definition) is 3. The first-order chi connectivity index (χ1) is 12.8. The van der Waals surface area contributed by atoms with Crippen LogP contribution in [0.25, 0.3) is 0 Å². The second-order valence-electron chi connectivity index (χ2n) is 6.22. The average Bonchev–Trinajstić information content (AvgIpc) is 3.21. The lowest BCUT2D eigenvalue weighted by Crippen LogP contribution is -2.38. The molecule has 0 saturated heterocycles. The predicted octanol–water partition coefficient (Wildman–Crippen LogP) is 4.48. The highest BCUT2D eigenvalue weighted by Crippen LogP contribution is 2.25. The first kappa shape index (κ1) is 18.4.